The van der Waals surface area contributed by atoms with E-state index in [1.807, 2.05) is 18.2 Å². The fourth-order valence-corrected chi connectivity index (χ4v) is 4.70. The minimum Gasteiger partial charge on any atom is -0.341 e. The molecule has 7 heteroatoms. The molecule has 30 heavy (non-hydrogen) atoms. The fourth-order valence-electron chi connectivity index (χ4n) is 4.16. The van der Waals surface area contributed by atoms with Crippen LogP contribution in [0.2, 0.25) is 0 Å². The first-order valence-electron chi connectivity index (χ1n) is 9.58. The molecule has 3 N–H and O–H groups in total. The van der Waals surface area contributed by atoms with Crippen molar-refractivity contribution in [2.45, 2.75) is 18.4 Å². The Hall–Kier alpha value is -3.42. The monoisotopic (exact) mass is 417 g/mol. The summed E-state index contributed by atoms with van der Waals surface area (Å²) >= 11 is 0. The number of hydrogen-bond acceptors (Lipinski definition) is 3. The summed E-state index contributed by atoms with van der Waals surface area (Å²) in [6.07, 6.45) is 1.78. The van der Waals surface area contributed by atoms with Crippen molar-refractivity contribution in [3.8, 4) is 0 Å². The first-order chi connectivity index (χ1) is 14.4. The van der Waals surface area contributed by atoms with Gasteiger partial charge >= 0.3 is 0 Å². The summed E-state index contributed by atoms with van der Waals surface area (Å²) < 4.78 is 25.7. The lowest BCUT2D eigenvalue weighted by Crippen LogP contribution is -2.12. The van der Waals surface area contributed by atoms with Gasteiger partial charge in [0.15, 0.2) is 0 Å². The summed E-state index contributed by atoms with van der Waals surface area (Å²) in [5, 5.41) is 10.3. The van der Waals surface area contributed by atoms with Gasteiger partial charge in [0, 0.05) is 45.2 Å². The topological polar surface area (TPSA) is 94.2 Å². The van der Waals surface area contributed by atoms with Crippen molar-refractivity contribution in [1.29, 1.82) is 0 Å². The number of nitrogens with one attached hydrogen (secondary N) is 1. The number of nitrogens with zero attached hydrogens (tertiary/aromatic N) is 1. The van der Waals surface area contributed by atoms with Crippen molar-refractivity contribution in [1.82, 2.24) is 4.57 Å². The highest BCUT2D eigenvalue weighted by Crippen LogP contribution is 2.36. The van der Waals surface area contributed by atoms with E-state index in [9.17, 15) is 13.2 Å². The second kappa shape index (κ2) is 6.55. The molecule has 5 rings (SSSR count). The molecule has 3 aromatic carbocycles. The Morgan fingerprint density at radius 3 is 2.53 bits per heavy atom. The zero-order chi connectivity index (χ0) is 21.0. The van der Waals surface area contributed by atoms with Gasteiger partial charge in [0.25, 0.3) is 5.91 Å². The predicted molar refractivity (Wildman–Crippen MR) is 119 cm³/mol. The average Bonchev–Trinajstić information content (AvgIpc) is 3.21. The molecule has 0 saturated carbocycles. The Labute approximate surface area is 173 Å². The van der Waals surface area contributed by atoms with Crippen molar-refractivity contribution in [2.75, 3.05) is 5.32 Å². The summed E-state index contributed by atoms with van der Waals surface area (Å²) in [6, 6.07) is 18.7. The number of rotatable bonds is 3. The number of carbonyl (C=O) groups is 1. The maximum Gasteiger partial charge on any atom is 0.256 e. The van der Waals surface area contributed by atoms with E-state index in [4.69, 9.17) is 5.14 Å². The fraction of sp³-hybridized carbons (Fsp3) is 0.0870. The molecule has 1 aliphatic rings. The van der Waals surface area contributed by atoms with Crippen molar-refractivity contribution < 1.29 is 13.2 Å². The van der Waals surface area contributed by atoms with E-state index in [0.717, 1.165) is 28.4 Å². The Balaban J connectivity index is 1.69. The summed E-state index contributed by atoms with van der Waals surface area (Å²) in [4.78, 5) is 12.5. The summed E-state index contributed by atoms with van der Waals surface area (Å²) in [5.74, 6) is -0.271. The van der Waals surface area contributed by atoms with Gasteiger partial charge in [-0.25, -0.2) is 13.6 Å². The van der Waals surface area contributed by atoms with E-state index in [0.29, 0.717) is 16.8 Å². The zero-order valence-corrected chi connectivity index (χ0v) is 17.0. The van der Waals surface area contributed by atoms with Crippen LogP contribution in [0.3, 0.4) is 0 Å². The van der Waals surface area contributed by atoms with Gasteiger partial charge in [-0.1, -0.05) is 24.3 Å². The third kappa shape index (κ3) is 2.82. The van der Waals surface area contributed by atoms with E-state index in [2.05, 4.69) is 41.1 Å². The number of nitrogens with two attached hydrogens (primary N) is 1. The maximum atomic E-state index is 12.6. The number of para-hydroxylation sites is 1. The van der Waals surface area contributed by atoms with E-state index in [1.54, 1.807) is 12.1 Å². The highest BCUT2D eigenvalue weighted by molar-refractivity contribution is 7.89. The van der Waals surface area contributed by atoms with Crippen molar-refractivity contribution in [3.05, 3.63) is 71.8 Å². The lowest BCUT2D eigenvalue weighted by molar-refractivity contribution is -0.110. The maximum absolute atomic E-state index is 12.6. The number of amides is 1. The summed E-state index contributed by atoms with van der Waals surface area (Å²) in [6.45, 7) is 2.97. The van der Waals surface area contributed by atoms with Crippen LogP contribution in [0.25, 0.3) is 33.5 Å². The van der Waals surface area contributed by atoms with E-state index in [-0.39, 0.29) is 10.8 Å². The lowest BCUT2D eigenvalue weighted by atomic mass is 10.0. The molecule has 0 spiro atoms. The number of carbonyl (C=O) groups excluding carboxylic acids is 1. The van der Waals surface area contributed by atoms with Crippen LogP contribution >= 0.6 is 0 Å². The molecular weight excluding hydrogens is 398 g/mol. The first kappa shape index (κ1) is 18.6. The number of sulfonamides is 1. The van der Waals surface area contributed by atoms with Gasteiger partial charge in [-0.3, -0.25) is 4.79 Å². The summed E-state index contributed by atoms with van der Waals surface area (Å²) in [5.41, 5.74) is 4.68. The number of anilines is 1. The standard InChI is InChI=1S/C23H19N3O3S/c1-2-26-21-6-4-3-5-16(21)18-11-14(7-10-22(18)26)12-19-17-13-15(30(24,28)29)8-9-20(17)25-23(19)27/h3-13H,2H2,1H3,(H,25,27)(H2,24,28,29). The third-order valence-corrected chi connectivity index (χ3v) is 6.44. The Bertz CT molecular complexity index is 1500. The molecule has 0 fully saturated rings. The van der Waals surface area contributed by atoms with Crippen LogP contribution in [0.5, 0.6) is 0 Å². The van der Waals surface area contributed by atoms with Crippen LogP contribution < -0.4 is 10.5 Å². The summed E-state index contributed by atoms with van der Waals surface area (Å²) in [7, 11) is -3.86. The molecular formula is C23H19N3O3S. The smallest absolute Gasteiger partial charge is 0.256 e. The van der Waals surface area contributed by atoms with Crippen molar-refractivity contribution >= 4 is 55.1 Å². The van der Waals surface area contributed by atoms with Crippen LogP contribution in [0, 0.1) is 0 Å². The van der Waals surface area contributed by atoms with Gasteiger partial charge in [-0.15, -0.1) is 0 Å². The second-order valence-electron chi connectivity index (χ2n) is 7.30. The Kier molecular flexibility index (Phi) is 4.06. The molecule has 0 atom stereocenters. The Morgan fingerprint density at radius 1 is 1.00 bits per heavy atom. The molecule has 1 aliphatic heterocycles. The molecule has 1 aromatic heterocycles. The van der Waals surface area contributed by atoms with Gasteiger partial charge in [0.2, 0.25) is 10.0 Å². The van der Waals surface area contributed by atoms with Gasteiger partial charge in [-0.05, 0) is 55.0 Å². The van der Waals surface area contributed by atoms with E-state index in [1.165, 1.54) is 17.6 Å². The molecule has 0 aliphatic carbocycles. The number of aromatic nitrogens is 1. The van der Waals surface area contributed by atoms with E-state index < -0.39 is 10.0 Å². The lowest BCUT2D eigenvalue weighted by Gasteiger charge is -2.04. The second-order valence-corrected chi connectivity index (χ2v) is 8.86. The van der Waals surface area contributed by atoms with Crippen LogP contribution in [0.4, 0.5) is 5.69 Å². The molecule has 4 aromatic rings. The Morgan fingerprint density at radius 2 is 1.77 bits per heavy atom. The molecule has 2 heterocycles. The third-order valence-electron chi connectivity index (χ3n) is 5.53. The van der Waals surface area contributed by atoms with Gasteiger partial charge in [0.05, 0.1) is 4.90 Å². The number of aryl methyl sites for hydroxylation is 1. The minimum atomic E-state index is -3.86. The van der Waals surface area contributed by atoms with Gasteiger partial charge in [0.1, 0.15) is 0 Å². The van der Waals surface area contributed by atoms with Gasteiger partial charge < -0.3 is 9.88 Å². The predicted octanol–water partition coefficient (Wildman–Crippen LogP) is 3.95. The highest BCUT2D eigenvalue weighted by atomic mass is 32.2. The van der Waals surface area contributed by atoms with Crippen molar-refractivity contribution in [3.63, 3.8) is 0 Å². The minimum absolute atomic E-state index is 0.0230. The van der Waals surface area contributed by atoms with Gasteiger partial charge in [-0.2, -0.15) is 0 Å². The molecule has 150 valence electrons. The van der Waals surface area contributed by atoms with Crippen molar-refractivity contribution in [2.24, 2.45) is 5.14 Å². The molecule has 6 nitrogen and oxygen atoms in total. The normalized spacial score (nSPS) is 15.1. The largest absolute Gasteiger partial charge is 0.341 e. The highest BCUT2D eigenvalue weighted by Gasteiger charge is 2.26. The molecule has 0 radical (unpaired) electrons. The number of fused-ring (bicyclic) bond motifs is 4. The van der Waals surface area contributed by atoms with E-state index >= 15 is 0 Å². The first-order valence-corrected chi connectivity index (χ1v) is 11.1. The van der Waals surface area contributed by atoms with Crippen LogP contribution in [0.1, 0.15) is 18.1 Å². The number of benzene rings is 3. The SMILES string of the molecule is CCn1c2ccccc2c2cc(C=C3C(=O)Nc4ccc(S(N)(=O)=O)cc43)ccc21. The molecule has 0 bridgehead atoms. The molecule has 0 unspecified atom stereocenters. The average molecular weight is 417 g/mol. The number of primary sulfonamides is 1. The quantitative estimate of drug-likeness (QED) is 0.494. The zero-order valence-electron chi connectivity index (χ0n) is 16.2. The molecule has 0 saturated heterocycles. The van der Waals surface area contributed by atoms with Crippen LogP contribution in [-0.4, -0.2) is 18.9 Å². The van der Waals surface area contributed by atoms with Crippen LogP contribution in [0.15, 0.2) is 65.6 Å². The molecule has 1 amide bonds. The van der Waals surface area contributed by atoms with Crippen LogP contribution in [-0.2, 0) is 21.4 Å². The number of hydrogen-bond donors (Lipinski definition) is 2.